The van der Waals surface area contributed by atoms with E-state index in [1.807, 2.05) is 0 Å². The van der Waals surface area contributed by atoms with Crippen molar-refractivity contribution >= 4 is 22.8 Å². The second kappa shape index (κ2) is 7.69. The third-order valence-corrected chi connectivity index (χ3v) is 4.80. The van der Waals surface area contributed by atoms with Gasteiger partial charge in [0, 0.05) is 25.2 Å². The summed E-state index contributed by atoms with van der Waals surface area (Å²) in [6, 6.07) is 6.39. The van der Waals surface area contributed by atoms with Crippen LogP contribution in [-0.2, 0) is 17.9 Å². The van der Waals surface area contributed by atoms with Crippen molar-refractivity contribution in [3.8, 4) is 0 Å². The van der Waals surface area contributed by atoms with Crippen LogP contribution in [0.2, 0.25) is 0 Å². The van der Waals surface area contributed by atoms with Gasteiger partial charge in [-0.05, 0) is 25.3 Å². The molecule has 1 amide bonds. The summed E-state index contributed by atoms with van der Waals surface area (Å²) in [6.45, 7) is 2.11. The summed E-state index contributed by atoms with van der Waals surface area (Å²) in [4.78, 5) is 23.3. The molecule has 0 atom stereocenters. The first-order valence-electron chi connectivity index (χ1n) is 9.14. The van der Waals surface area contributed by atoms with E-state index in [-0.39, 0.29) is 24.8 Å². The number of anilines is 1. The molecule has 0 saturated carbocycles. The Balaban J connectivity index is 1.47. The van der Waals surface area contributed by atoms with Crippen molar-refractivity contribution in [3.63, 3.8) is 0 Å². The minimum Gasteiger partial charge on any atom is -0.356 e. The molecule has 0 unspecified atom stereocenters. The Bertz CT molecular complexity index is 950. The van der Waals surface area contributed by atoms with Gasteiger partial charge >= 0.3 is 0 Å². The van der Waals surface area contributed by atoms with Gasteiger partial charge in [-0.3, -0.25) is 4.79 Å². The molecule has 0 bridgehead atoms. The summed E-state index contributed by atoms with van der Waals surface area (Å²) in [6.07, 6.45) is 6.77. The third kappa shape index (κ3) is 3.74. The molecule has 1 aliphatic rings. The van der Waals surface area contributed by atoms with E-state index in [9.17, 15) is 9.18 Å². The van der Waals surface area contributed by atoms with Gasteiger partial charge in [-0.1, -0.05) is 18.2 Å². The number of nitrogens with zero attached hydrogens (tertiary/aromatic N) is 5. The zero-order valence-corrected chi connectivity index (χ0v) is 14.9. The van der Waals surface area contributed by atoms with Crippen molar-refractivity contribution in [2.75, 3.05) is 18.0 Å². The lowest BCUT2D eigenvalue weighted by atomic mass is 10.1. The van der Waals surface area contributed by atoms with E-state index < -0.39 is 0 Å². The molecule has 3 heterocycles. The Kier molecular flexibility index (Phi) is 4.95. The molecule has 27 heavy (non-hydrogen) atoms. The van der Waals surface area contributed by atoms with E-state index in [0.717, 1.165) is 37.1 Å². The predicted octanol–water partition coefficient (Wildman–Crippen LogP) is 2.27. The highest BCUT2D eigenvalue weighted by molar-refractivity contribution is 5.87. The second-order valence-corrected chi connectivity index (χ2v) is 6.65. The van der Waals surface area contributed by atoms with Crippen molar-refractivity contribution in [1.29, 1.82) is 0 Å². The fourth-order valence-electron chi connectivity index (χ4n) is 3.38. The molecule has 4 rings (SSSR count). The fourth-order valence-corrected chi connectivity index (χ4v) is 3.38. The summed E-state index contributed by atoms with van der Waals surface area (Å²) in [5.74, 6) is 0.292. The highest BCUT2D eigenvalue weighted by atomic mass is 19.1. The SMILES string of the molecule is O=C(Cn1ncc2c(N3CCCCC3)ncnc21)NCc1ccccc1F. The quantitative estimate of drug-likeness (QED) is 0.748. The number of fused-ring (bicyclic) bond motifs is 1. The summed E-state index contributed by atoms with van der Waals surface area (Å²) in [5.41, 5.74) is 1.08. The van der Waals surface area contributed by atoms with Gasteiger partial charge in [-0.15, -0.1) is 0 Å². The number of carbonyl (C=O) groups excluding carboxylic acids is 1. The first-order chi connectivity index (χ1) is 13.2. The number of hydrogen-bond donors (Lipinski definition) is 1. The molecule has 0 spiro atoms. The summed E-state index contributed by atoms with van der Waals surface area (Å²) in [5, 5.41) is 7.89. The Labute approximate surface area is 156 Å². The number of aromatic nitrogens is 4. The van der Waals surface area contributed by atoms with Gasteiger partial charge in [-0.25, -0.2) is 19.0 Å². The molecule has 7 nitrogen and oxygen atoms in total. The van der Waals surface area contributed by atoms with Crippen LogP contribution in [0.3, 0.4) is 0 Å². The molecule has 1 aliphatic heterocycles. The molecule has 0 aliphatic carbocycles. The van der Waals surface area contributed by atoms with Crippen LogP contribution >= 0.6 is 0 Å². The predicted molar refractivity (Wildman–Crippen MR) is 99.6 cm³/mol. The van der Waals surface area contributed by atoms with Crippen LogP contribution in [0.25, 0.3) is 11.0 Å². The number of hydrogen-bond acceptors (Lipinski definition) is 5. The fraction of sp³-hybridized carbons (Fsp3) is 0.368. The van der Waals surface area contributed by atoms with Crippen molar-refractivity contribution < 1.29 is 9.18 Å². The molecular formula is C19H21FN6O. The summed E-state index contributed by atoms with van der Waals surface area (Å²) in [7, 11) is 0. The molecule has 8 heteroatoms. The normalized spacial score (nSPS) is 14.5. The number of piperidine rings is 1. The number of amides is 1. The lowest BCUT2D eigenvalue weighted by Gasteiger charge is -2.27. The highest BCUT2D eigenvalue weighted by Crippen LogP contribution is 2.25. The molecule has 2 aromatic heterocycles. The molecule has 1 fully saturated rings. The van der Waals surface area contributed by atoms with Gasteiger partial charge in [-0.2, -0.15) is 5.10 Å². The van der Waals surface area contributed by atoms with E-state index in [1.165, 1.54) is 18.8 Å². The van der Waals surface area contributed by atoms with Crippen molar-refractivity contribution in [3.05, 3.63) is 48.2 Å². The Morgan fingerprint density at radius 3 is 2.78 bits per heavy atom. The molecule has 1 saturated heterocycles. The molecular weight excluding hydrogens is 347 g/mol. The van der Waals surface area contributed by atoms with Crippen molar-refractivity contribution in [1.82, 2.24) is 25.1 Å². The molecule has 1 N–H and O–H groups in total. The van der Waals surface area contributed by atoms with E-state index in [1.54, 1.807) is 29.1 Å². The standard InChI is InChI=1S/C19H21FN6O/c20-16-7-3-2-6-14(16)10-21-17(27)12-26-19-15(11-24-26)18(22-13-23-19)25-8-4-1-5-9-25/h2-3,6-7,11,13H,1,4-5,8-10,12H2,(H,21,27). The monoisotopic (exact) mass is 368 g/mol. The largest absolute Gasteiger partial charge is 0.356 e. The number of halogens is 1. The Hall–Kier alpha value is -3.03. The molecule has 1 aromatic carbocycles. The minimum atomic E-state index is -0.332. The lowest BCUT2D eigenvalue weighted by molar-refractivity contribution is -0.121. The topological polar surface area (TPSA) is 75.9 Å². The van der Waals surface area contributed by atoms with Crippen LogP contribution in [0.1, 0.15) is 24.8 Å². The van der Waals surface area contributed by atoms with Gasteiger partial charge in [0.25, 0.3) is 0 Å². The van der Waals surface area contributed by atoms with Crippen LogP contribution in [0, 0.1) is 5.82 Å². The average molecular weight is 368 g/mol. The van der Waals surface area contributed by atoms with Crippen LogP contribution in [0.15, 0.2) is 36.8 Å². The molecule has 140 valence electrons. The van der Waals surface area contributed by atoms with Crippen LogP contribution < -0.4 is 10.2 Å². The Morgan fingerprint density at radius 2 is 1.96 bits per heavy atom. The zero-order chi connectivity index (χ0) is 18.6. The first kappa shape index (κ1) is 17.4. The maximum Gasteiger partial charge on any atom is 0.242 e. The Morgan fingerprint density at radius 1 is 1.15 bits per heavy atom. The van der Waals surface area contributed by atoms with Gasteiger partial charge < -0.3 is 10.2 Å². The van der Waals surface area contributed by atoms with Crippen molar-refractivity contribution in [2.45, 2.75) is 32.4 Å². The average Bonchev–Trinajstić information content (AvgIpc) is 3.11. The van der Waals surface area contributed by atoms with E-state index in [0.29, 0.717) is 11.2 Å². The van der Waals surface area contributed by atoms with E-state index in [2.05, 4.69) is 25.3 Å². The highest BCUT2D eigenvalue weighted by Gasteiger charge is 2.18. The van der Waals surface area contributed by atoms with Crippen LogP contribution in [0.5, 0.6) is 0 Å². The smallest absolute Gasteiger partial charge is 0.242 e. The van der Waals surface area contributed by atoms with Gasteiger partial charge in [0.05, 0.1) is 11.6 Å². The van der Waals surface area contributed by atoms with Crippen molar-refractivity contribution in [2.24, 2.45) is 0 Å². The maximum atomic E-state index is 13.7. The van der Waals surface area contributed by atoms with Gasteiger partial charge in [0.2, 0.25) is 5.91 Å². The molecule has 0 radical (unpaired) electrons. The van der Waals surface area contributed by atoms with Crippen LogP contribution in [-0.4, -0.2) is 38.7 Å². The van der Waals surface area contributed by atoms with Crippen LogP contribution in [0.4, 0.5) is 10.2 Å². The van der Waals surface area contributed by atoms with Gasteiger partial charge in [0.1, 0.15) is 24.5 Å². The third-order valence-electron chi connectivity index (χ3n) is 4.80. The summed E-state index contributed by atoms with van der Waals surface area (Å²) < 4.78 is 15.2. The van der Waals surface area contributed by atoms with Gasteiger partial charge in [0.15, 0.2) is 5.65 Å². The van der Waals surface area contributed by atoms with E-state index >= 15 is 0 Å². The number of benzene rings is 1. The minimum absolute atomic E-state index is 0.0222. The van der Waals surface area contributed by atoms with E-state index in [4.69, 9.17) is 0 Å². The number of rotatable bonds is 5. The lowest BCUT2D eigenvalue weighted by Crippen LogP contribution is -2.30. The maximum absolute atomic E-state index is 13.7. The zero-order valence-electron chi connectivity index (χ0n) is 14.9. The molecule has 3 aromatic rings. The first-order valence-corrected chi connectivity index (χ1v) is 9.14. The summed E-state index contributed by atoms with van der Waals surface area (Å²) >= 11 is 0. The number of nitrogens with one attached hydrogen (secondary N) is 1. The number of carbonyl (C=O) groups is 1. The second-order valence-electron chi connectivity index (χ2n) is 6.65.